The lowest BCUT2D eigenvalue weighted by Gasteiger charge is -2.04. The van der Waals surface area contributed by atoms with Crippen molar-refractivity contribution in [3.63, 3.8) is 0 Å². The highest BCUT2D eigenvalue weighted by Crippen LogP contribution is 2.09. The Bertz CT molecular complexity index is 308. The van der Waals surface area contributed by atoms with E-state index in [9.17, 15) is 0 Å². The maximum Gasteiger partial charge on any atom is 0.0703 e. The summed E-state index contributed by atoms with van der Waals surface area (Å²) < 4.78 is 0. The van der Waals surface area contributed by atoms with Crippen molar-refractivity contribution >= 4 is 6.21 Å². The molecule has 0 spiro atoms. The predicted octanol–water partition coefficient (Wildman–Crippen LogP) is 1.32. The molecule has 0 saturated heterocycles. The lowest BCUT2D eigenvalue weighted by atomic mass is 10.1. The van der Waals surface area contributed by atoms with Crippen molar-refractivity contribution in [1.82, 2.24) is 4.98 Å². The van der Waals surface area contributed by atoms with Crippen molar-refractivity contribution in [3.8, 4) is 0 Å². The highest BCUT2D eigenvalue weighted by atomic mass is 16.3. The Morgan fingerprint density at radius 3 is 2.92 bits per heavy atom. The van der Waals surface area contributed by atoms with Crippen LogP contribution in [0, 0.1) is 6.92 Å². The fourth-order valence-corrected chi connectivity index (χ4v) is 1.12. The van der Waals surface area contributed by atoms with Gasteiger partial charge < -0.3 is 5.11 Å². The lowest BCUT2D eigenvalue weighted by Crippen LogP contribution is -1.97. The summed E-state index contributed by atoms with van der Waals surface area (Å²) in [6.45, 7) is 4.71. The molecule has 1 heterocycles. The van der Waals surface area contributed by atoms with E-state index in [-0.39, 0.29) is 6.61 Å². The second kappa shape index (κ2) is 4.72. The number of aliphatic hydroxyl groups excluding tert-OH is 1. The van der Waals surface area contributed by atoms with E-state index in [0.717, 1.165) is 23.2 Å². The van der Waals surface area contributed by atoms with E-state index >= 15 is 0 Å². The Morgan fingerprint density at radius 1 is 1.54 bits per heavy atom. The Labute approximate surface area is 78.2 Å². The van der Waals surface area contributed by atoms with Gasteiger partial charge in [0.2, 0.25) is 0 Å². The van der Waals surface area contributed by atoms with Crippen LogP contribution in [0.3, 0.4) is 0 Å². The molecule has 1 rings (SSSR count). The van der Waals surface area contributed by atoms with Gasteiger partial charge in [0.15, 0.2) is 0 Å². The van der Waals surface area contributed by atoms with Crippen LogP contribution in [0.25, 0.3) is 0 Å². The third-order valence-corrected chi connectivity index (χ3v) is 1.84. The van der Waals surface area contributed by atoms with Crippen LogP contribution in [-0.4, -0.2) is 22.8 Å². The molecule has 0 fully saturated rings. The smallest absolute Gasteiger partial charge is 0.0703 e. The van der Waals surface area contributed by atoms with Gasteiger partial charge >= 0.3 is 0 Å². The van der Waals surface area contributed by atoms with E-state index in [1.54, 1.807) is 18.6 Å². The van der Waals surface area contributed by atoms with Crippen molar-refractivity contribution in [2.75, 3.05) is 6.54 Å². The second-order valence-electron chi connectivity index (χ2n) is 2.82. The van der Waals surface area contributed by atoms with Gasteiger partial charge in [0, 0.05) is 36.3 Å². The SMILES string of the molecule is CCN=Cc1c(C)cncc1CO. The molecule has 0 saturated carbocycles. The van der Waals surface area contributed by atoms with Crippen LogP contribution in [0.15, 0.2) is 17.4 Å². The molecule has 3 nitrogen and oxygen atoms in total. The number of hydrogen-bond acceptors (Lipinski definition) is 3. The largest absolute Gasteiger partial charge is 0.392 e. The number of aryl methyl sites for hydroxylation is 1. The van der Waals surface area contributed by atoms with E-state index in [0.29, 0.717) is 0 Å². The first-order valence-electron chi connectivity index (χ1n) is 4.33. The maximum absolute atomic E-state index is 9.04. The monoisotopic (exact) mass is 178 g/mol. The van der Waals surface area contributed by atoms with Gasteiger partial charge in [-0.05, 0) is 19.4 Å². The molecular formula is C10H14N2O. The Balaban J connectivity index is 3.07. The van der Waals surface area contributed by atoms with Crippen LogP contribution in [0.2, 0.25) is 0 Å². The number of rotatable bonds is 3. The van der Waals surface area contributed by atoms with Crippen molar-refractivity contribution in [1.29, 1.82) is 0 Å². The molecule has 0 aliphatic heterocycles. The van der Waals surface area contributed by atoms with E-state index in [4.69, 9.17) is 5.11 Å². The molecule has 1 aromatic rings. The molecule has 0 bridgehead atoms. The molecule has 1 N–H and O–H groups in total. The molecule has 13 heavy (non-hydrogen) atoms. The van der Waals surface area contributed by atoms with Crippen molar-refractivity contribution in [2.45, 2.75) is 20.5 Å². The normalized spacial score (nSPS) is 11.0. The number of aliphatic imine (C=N–C) groups is 1. The molecular weight excluding hydrogens is 164 g/mol. The van der Waals surface area contributed by atoms with E-state index in [1.807, 2.05) is 13.8 Å². The maximum atomic E-state index is 9.04. The molecule has 0 amide bonds. The first-order valence-corrected chi connectivity index (χ1v) is 4.33. The summed E-state index contributed by atoms with van der Waals surface area (Å²) in [6.07, 6.45) is 5.24. The summed E-state index contributed by atoms with van der Waals surface area (Å²) in [5.41, 5.74) is 2.86. The number of aliphatic hydroxyl groups is 1. The van der Waals surface area contributed by atoms with Gasteiger partial charge in [-0.15, -0.1) is 0 Å². The van der Waals surface area contributed by atoms with E-state index < -0.39 is 0 Å². The van der Waals surface area contributed by atoms with Gasteiger partial charge in [0.05, 0.1) is 6.61 Å². The minimum absolute atomic E-state index is 0.0136. The Kier molecular flexibility index (Phi) is 3.58. The number of pyridine rings is 1. The summed E-state index contributed by atoms with van der Waals surface area (Å²) in [5, 5.41) is 9.04. The zero-order valence-electron chi connectivity index (χ0n) is 7.99. The van der Waals surface area contributed by atoms with E-state index in [1.165, 1.54) is 0 Å². The van der Waals surface area contributed by atoms with Crippen LogP contribution < -0.4 is 0 Å². The third-order valence-electron chi connectivity index (χ3n) is 1.84. The van der Waals surface area contributed by atoms with Gasteiger partial charge in [-0.2, -0.15) is 0 Å². The fraction of sp³-hybridized carbons (Fsp3) is 0.400. The van der Waals surface area contributed by atoms with Crippen LogP contribution in [0.5, 0.6) is 0 Å². The first kappa shape index (κ1) is 9.86. The zero-order valence-corrected chi connectivity index (χ0v) is 7.99. The van der Waals surface area contributed by atoms with Crippen LogP contribution in [-0.2, 0) is 6.61 Å². The number of nitrogens with zero attached hydrogens (tertiary/aromatic N) is 2. The quantitative estimate of drug-likeness (QED) is 0.709. The summed E-state index contributed by atoms with van der Waals surface area (Å²) >= 11 is 0. The van der Waals surface area contributed by atoms with Crippen LogP contribution >= 0.6 is 0 Å². The van der Waals surface area contributed by atoms with Crippen molar-refractivity contribution in [3.05, 3.63) is 29.1 Å². The molecule has 0 atom stereocenters. The molecule has 0 aliphatic carbocycles. The second-order valence-corrected chi connectivity index (χ2v) is 2.82. The fourth-order valence-electron chi connectivity index (χ4n) is 1.12. The van der Waals surface area contributed by atoms with Crippen molar-refractivity contribution < 1.29 is 5.11 Å². The molecule has 0 aromatic carbocycles. The summed E-state index contributed by atoms with van der Waals surface area (Å²) in [5.74, 6) is 0. The summed E-state index contributed by atoms with van der Waals surface area (Å²) in [6, 6.07) is 0. The van der Waals surface area contributed by atoms with Gasteiger partial charge in [0.25, 0.3) is 0 Å². The minimum Gasteiger partial charge on any atom is -0.392 e. The standard InChI is InChI=1S/C10H14N2O/c1-3-11-6-10-8(2)4-12-5-9(10)7-13/h4-6,13H,3,7H2,1-2H3. The first-order chi connectivity index (χ1) is 6.29. The van der Waals surface area contributed by atoms with Gasteiger partial charge in [-0.25, -0.2) is 0 Å². The van der Waals surface area contributed by atoms with Gasteiger partial charge in [0.1, 0.15) is 0 Å². The Morgan fingerprint density at radius 2 is 2.31 bits per heavy atom. The number of aromatic nitrogens is 1. The highest BCUT2D eigenvalue weighted by molar-refractivity contribution is 5.83. The summed E-state index contributed by atoms with van der Waals surface area (Å²) in [7, 11) is 0. The van der Waals surface area contributed by atoms with Crippen molar-refractivity contribution in [2.24, 2.45) is 4.99 Å². The average Bonchev–Trinajstić information content (AvgIpc) is 2.15. The van der Waals surface area contributed by atoms with Crippen LogP contribution in [0.4, 0.5) is 0 Å². The molecule has 3 heteroatoms. The summed E-state index contributed by atoms with van der Waals surface area (Å²) in [4.78, 5) is 8.15. The number of hydrogen-bond donors (Lipinski definition) is 1. The lowest BCUT2D eigenvalue weighted by molar-refractivity contribution is 0.281. The topological polar surface area (TPSA) is 45.5 Å². The third kappa shape index (κ3) is 2.36. The zero-order chi connectivity index (χ0) is 9.68. The minimum atomic E-state index is 0.0136. The Hall–Kier alpha value is -1.22. The van der Waals surface area contributed by atoms with Gasteiger partial charge in [-0.1, -0.05) is 0 Å². The predicted molar refractivity (Wildman–Crippen MR) is 53.0 cm³/mol. The molecule has 0 aliphatic rings. The van der Waals surface area contributed by atoms with E-state index in [2.05, 4.69) is 9.98 Å². The molecule has 0 unspecified atom stereocenters. The molecule has 70 valence electrons. The highest BCUT2D eigenvalue weighted by Gasteiger charge is 2.01. The van der Waals surface area contributed by atoms with Gasteiger partial charge in [-0.3, -0.25) is 9.98 Å². The average molecular weight is 178 g/mol. The van der Waals surface area contributed by atoms with Crippen LogP contribution in [0.1, 0.15) is 23.6 Å². The molecule has 1 aromatic heterocycles. The molecule has 0 radical (unpaired) electrons.